The van der Waals surface area contributed by atoms with Crippen molar-refractivity contribution < 1.29 is 28.6 Å². The highest BCUT2D eigenvalue weighted by atomic mass is 16.6. The van der Waals surface area contributed by atoms with Gasteiger partial charge in [0.2, 0.25) is 5.91 Å². The first-order chi connectivity index (χ1) is 13.4. The molecule has 0 saturated carbocycles. The van der Waals surface area contributed by atoms with Crippen LogP contribution in [0.15, 0.2) is 0 Å². The van der Waals surface area contributed by atoms with Crippen LogP contribution in [-0.4, -0.2) is 55.0 Å². The Bertz CT molecular complexity index is 558. The molecule has 0 aromatic heterocycles. The Hall–Kier alpha value is -1.83. The summed E-state index contributed by atoms with van der Waals surface area (Å²) in [7, 11) is 0. The molecule has 1 fully saturated rings. The molecule has 2 N–H and O–H groups in total. The van der Waals surface area contributed by atoms with E-state index in [-0.39, 0.29) is 30.4 Å². The summed E-state index contributed by atoms with van der Waals surface area (Å²) < 4.78 is 16.2. The Morgan fingerprint density at radius 2 is 1.90 bits per heavy atom. The fourth-order valence-electron chi connectivity index (χ4n) is 2.88. The Balaban J connectivity index is 2.74. The van der Waals surface area contributed by atoms with Gasteiger partial charge >= 0.3 is 12.1 Å². The molecular formula is C21H38N2O6. The minimum atomic E-state index is -0.713. The molecule has 0 aromatic carbocycles. The molecule has 4 atom stereocenters. The summed E-state index contributed by atoms with van der Waals surface area (Å²) in [6.07, 6.45) is 0.584. The van der Waals surface area contributed by atoms with Crippen molar-refractivity contribution in [3.8, 4) is 0 Å². The first kappa shape index (κ1) is 25.2. The Morgan fingerprint density at radius 1 is 1.24 bits per heavy atom. The lowest BCUT2D eigenvalue weighted by Gasteiger charge is -2.29. The lowest BCUT2D eigenvalue weighted by atomic mass is 9.99. The van der Waals surface area contributed by atoms with E-state index in [9.17, 15) is 14.4 Å². The predicted molar refractivity (Wildman–Crippen MR) is 109 cm³/mol. The quantitative estimate of drug-likeness (QED) is 0.533. The zero-order valence-electron chi connectivity index (χ0n) is 18.9. The van der Waals surface area contributed by atoms with Crippen molar-refractivity contribution in [2.45, 2.75) is 91.5 Å². The lowest BCUT2D eigenvalue weighted by Crippen LogP contribution is -2.48. The molecule has 8 heteroatoms. The van der Waals surface area contributed by atoms with Gasteiger partial charge in [-0.2, -0.15) is 0 Å². The first-order valence-electron chi connectivity index (χ1n) is 10.5. The van der Waals surface area contributed by atoms with Crippen LogP contribution < -0.4 is 10.6 Å². The summed E-state index contributed by atoms with van der Waals surface area (Å²) in [6.45, 7) is 13.9. The van der Waals surface area contributed by atoms with E-state index in [4.69, 9.17) is 14.2 Å². The van der Waals surface area contributed by atoms with Crippen LogP contribution in [0.4, 0.5) is 4.79 Å². The minimum Gasteiger partial charge on any atom is -0.464 e. The highest BCUT2D eigenvalue weighted by molar-refractivity contribution is 5.87. The number of nitrogens with one attached hydrogen (secondary N) is 2. The number of hydrogen-bond acceptors (Lipinski definition) is 6. The van der Waals surface area contributed by atoms with Gasteiger partial charge in [0, 0.05) is 6.42 Å². The van der Waals surface area contributed by atoms with Crippen LogP contribution in [0.5, 0.6) is 0 Å². The van der Waals surface area contributed by atoms with E-state index in [0.29, 0.717) is 19.4 Å². The maximum absolute atomic E-state index is 12.7. The largest absolute Gasteiger partial charge is 0.464 e. The molecule has 2 unspecified atom stereocenters. The molecule has 8 nitrogen and oxygen atoms in total. The zero-order valence-corrected chi connectivity index (χ0v) is 18.9. The number of amides is 2. The molecule has 1 saturated heterocycles. The highest BCUT2D eigenvalue weighted by Gasteiger charge is 2.32. The van der Waals surface area contributed by atoms with Gasteiger partial charge in [-0.1, -0.05) is 34.1 Å². The van der Waals surface area contributed by atoms with E-state index < -0.39 is 29.8 Å². The predicted octanol–water partition coefficient (Wildman–Crippen LogP) is 2.79. The molecule has 1 rings (SSSR count). The summed E-state index contributed by atoms with van der Waals surface area (Å²) >= 11 is 0. The average Bonchev–Trinajstić information content (AvgIpc) is 2.99. The molecule has 1 aliphatic heterocycles. The maximum Gasteiger partial charge on any atom is 0.407 e. The number of carbonyl (C=O) groups is 3. The molecule has 1 heterocycles. The van der Waals surface area contributed by atoms with Crippen LogP contribution >= 0.6 is 0 Å². The standard InChI is InChI=1S/C21H38N2O6/c1-8-14(4)16(23-20(26)29-21(5,6)7)12-28-17(11-13(2)3)18(24)22-15-9-10-27-19(15)25/h13-17H,8-12H2,1-7H3,(H,22,24)(H,23,26)/t14-,15-,16?,17?/m0/s1. The Kier molecular flexibility index (Phi) is 9.89. The summed E-state index contributed by atoms with van der Waals surface area (Å²) in [4.78, 5) is 36.5. The molecule has 168 valence electrons. The second kappa shape index (κ2) is 11.4. The number of esters is 1. The van der Waals surface area contributed by atoms with Gasteiger partial charge in [0.15, 0.2) is 0 Å². The number of ether oxygens (including phenoxy) is 3. The number of hydrogen-bond donors (Lipinski definition) is 2. The molecule has 29 heavy (non-hydrogen) atoms. The van der Waals surface area contributed by atoms with Crippen molar-refractivity contribution in [3.63, 3.8) is 0 Å². The van der Waals surface area contributed by atoms with E-state index in [0.717, 1.165) is 6.42 Å². The highest BCUT2D eigenvalue weighted by Crippen LogP contribution is 2.15. The summed E-state index contributed by atoms with van der Waals surface area (Å²) in [6, 6.07) is -0.917. The number of alkyl carbamates (subject to hydrolysis) is 1. The molecule has 0 spiro atoms. The molecule has 0 aromatic rings. The average molecular weight is 415 g/mol. The summed E-state index contributed by atoms with van der Waals surface area (Å²) in [5, 5.41) is 5.58. The van der Waals surface area contributed by atoms with Crippen molar-refractivity contribution in [2.24, 2.45) is 11.8 Å². The fraction of sp³-hybridized carbons (Fsp3) is 0.857. The normalized spacial score (nSPS) is 20.0. The Morgan fingerprint density at radius 3 is 2.38 bits per heavy atom. The van der Waals surface area contributed by atoms with E-state index >= 15 is 0 Å². The summed E-state index contributed by atoms with van der Waals surface area (Å²) in [5.74, 6) is -0.384. The molecule has 0 radical (unpaired) electrons. The minimum absolute atomic E-state index is 0.134. The van der Waals surface area contributed by atoms with Crippen LogP contribution in [0.2, 0.25) is 0 Å². The van der Waals surface area contributed by atoms with Crippen LogP contribution in [-0.2, 0) is 23.8 Å². The van der Waals surface area contributed by atoms with Gasteiger partial charge in [0.1, 0.15) is 17.7 Å². The van der Waals surface area contributed by atoms with Crippen molar-refractivity contribution >= 4 is 18.0 Å². The third kappa shape index (κ3) is 9.47. The van der Waals surface area contributed by atoms with Gasteiger partial charge in [-0.3, -0.25) is 4.79 Å². The van der Waals surface area contributed by atoms with E-state index in [1.165, 1.54) is 0 Å². The number of cyclic esters (lactones) is 1. The number of rotatable bonds is 10. The van der Waals surface area contributed by atoms with Gasteiger partial charge in [0.25, 0.3) is 0 Å². The van der Waals surface area contributed by atoms with E-state index in [1.807, 2.05) is 27.7 Å². The monoisotopic (exact) mass is 414 g/mol. The van der Waals surface area contributed by atoms with Gasteiger partial charge in [-0.05, 0) is 39.0 Å². The van der Waals surface area contributed by atoms with Crippen molar-refractivity contribution in [1.82, 2.24) is 10.6 Å². The van der Waals surface area contributed by atoms with E-state index in [1.54, 1.807) is 20.8 Å². The molecule has 0 bridgehead atoms. The third-order valence-electron chi connectivity index (χ3n) is 4.74. The zero-order chi connectivity index (χ0) is 22.2. The van der Waals surface area contributed by atoms with Gasteiger partial charge < -0.3 is 24.8 Å². The van der Waals surface area contributed by atoms with Crippen LogP contribution in [0.25, 0.3) is 0 Å². The SMILES string of the molecule is CC[C@H](C)C(COC(CC(C)C)C(=O)N[C@H]1CCOC1=O)NC(=O)OC(C)(C)C. The van der Waals surface area contributed by atoms with Crippen LogP contribution in [0.1, 0.15) is 67.7 Å². The second-order valence-corrected chi connectivity index (χ2v) is 9.11. The third-order valence-corrected chi connectivity index (χ3v) is 4.74. The topological polar surface area (TPSA) is 103 Å². The molecule has 1 aliphatic rings. The van der Waals surface area contributed by atoms with Gasteiger partial charge in [0.05, 0.1) is 19.3 Å². The second-order valence-electron chi connectivity index (χ2n) is 9.11. The smallest absolute Gasteiger partial charge is 0.407 e. The van der Waals surface area contributed by atoms with Crippen molar-refractivity contribution in [1.29, 1.82) is 0 Å². The fourth-order valence-corrected chi connectivity index (χ4v) is 2.88. The number of carbonyl (C=O) groups excluding carboxylic acids is 3. The van der Waals surface area contributed by atoms with E-state index in [2.05, 4.69) is 10.6 Å². The van der Waals surface area contributed by atoms with Crippen molar-refractivity contribution in [3.05, 3.63) is 0 Å². The van der Waals surface area contributed by atoms with Crippen molar-refractivity contribution in [2.75, 3.05) is 13.2 Å². The van der Waals surface area contributed by atoms with Gasteiger partial charge in [-0.15, -0.1) is 0 Å². The first-order valence-corrected chi connectivity index (χ1v) is 10.5. The molecule has 2 amide bonds. The Labute approximate surface area is 174 Å². The maximum atomic E-state index is 12.7. The van der Waals surface area contributed by atoms with Gasteiger partial charge in [-0.25, -0.2) is 9.59 Å². The van der Waals surface area contributed by atoms with Crippen LogP contribution in [0, 0.1) is 11.8 Å². The van der Waals surface area contributed by atoms with Crippen LogP contribution in [0.3, 0.4) is 0 Å². The lowest BCUT2D eigenvalue weighted by molar-refractivity contribution is -0.144. The molecule has 0 aliphatic carbocycles. The molecular weight excluding hydrogens is 376 g/mol. The summed E-state index contributed by atoms with van der Waals surface area (Å²) in [5.41, 5.74) is -0.596.